The second-order valence-electron chi connectivity index (χ2n) is 7.04. The molecular formula is C18H25N3O2S2. The van der Waals surface area contributed by atoms with E-state index in [1.165, 1.54) is 28.6 Å². The Hall–Kier alpha value is -1.34. The normalized spacial score (nSPS) is 15.4. The van der Waals surface area contributed by atoms with Gasteiger partial charge in [0.1, 0.15) is 4.83 Å². The molecule has 0 saturated carbocycles. The highest BCUT2D eigenvalue weighted by atomic mass is 32.2. The van der Waals surface area contributed by atoms with Gasteiger partial charge in [0.05, 0.1) is 11.1 Å². The van der Waals surface area contributed by atoms with Crippen molar-refractivity contribution in [2.24, 2.45) is 13.0 Å². The first-order valence-corrected chi connectivity index (χ1v) is 10.6. The van der Waals surface area contributed by atoms with E-state index >= 15 is 0 Å². The molecule has 2 heterocycles. The van der Waals surface area contributed by atoms with Crippen LogP contribution in [0.15, 0.2) is 9.95 Å². The lowest BCUT2D eigenvalue weighted by atomic mass is 9.97. The number of amides is 1. The van der Waals surface area contributed by atoms with Crippen molar-refractivity contribution in [3.63, 3.8) is 0 Å². The first-order valence-electron chi connectivity index (χ1n) is 8.82. The van der Waals surface area contributed by atoms with Gasteiger partial charge in [0.15, 0.2) is 5.16 Å². The van der Waals surface area contributed by atoms with Crippen LogP contribution >= 0.6 is 23.1 Å². The van der Waals surface area contributed by atoms with Gasteiger partial charge in [-0.3, -0.25) is 14.2 Å². The predicted molar refractivity (Wildman–Crippen MR) is 105 cm³/mol. The minimum Gasteiger partial charge on any atom is -0.353 e. The van der Waals surface area contributed by atoms with Crippen LogP contribution in [0.2, 0.25) is 0 Å². The van der Waals surface area contributed by atoms with Crippen molar-refractivity contribution in [1.82, 2.24) is 14.9 Å². The molecule has 0 radical (unpaired) electrons. The first-order chi connectivity index (χ1) is 11.9. The molecule has 0 saturated heterocycles. The van der Waals surface area contributed by atoms with Crippen LogP contribution in [0.5, 0.6) is 0 Å². The van der Waals surface area contributed by atoms with Crippen LogP contribution in [-0.2, 0) is 24.7 Å². The van der Waals surface area contributed by atoms with E-state index in [2.05, 4.69) is 19.2 Å². The average molecular weight is 380 g/mol. The Balaban J connectivity index is 1.82. The highest BCUT2D eigenvalue weighted by Gasteiger charge is 2.21. The minimum atomic E-state index is -0.0222. The zero-order valence-electron chi connectivity index (χ0n) is 15.2. The second kappa shape index (κ2) is 7.50. The number of nitrogens with zero attached hydrogens (tertiary/aromatic N) is 2. The number of hydrogen-bond acceptors (Lipinski definition) is 5. The molecule has 0 fully saturated rings. The van der Waals surface area contributed by atoms with E-state index in [1.807, 2.05) is 6.92 Å². The van der Waals surface area contributed by atoms with Crippen molar-refractivity contribution in [1.29, 1.82) is 0 Å². The van der Waals surface area contributed by atoms with Crippen LogP contribution in [0, 0.1) is 5.92 Å². The molecule has 2 aromatic heterocycles. The summed E-state index contributed by atoms with van der Waals surface area (Å²) in [6, 6.07) is 0.136. The van der Waals surface area contributed by atoms with Crippen molar-refractivity contribution in [3.05, 3.63) is 20.8 Å². The maximum absolute atomic E-state index is 12.8. The number of hydrogen-bond donors (Lipinski definition) is 1. The molecule has 1 amide bonds. The number of rotatable bonds is 5. The Kier molecular flexibility index (Phi) is 5.53. The summed E-state index contributed by atoms with van der Waals surface area (Å²) in [7, 11) is 1.75. The average Bonchev–Trinajstić information content (AvgIpc) is 2.95. The van der Waals surface area contributed by atoms with Gasteiger partial charge in [-0.1, -0.05) is 25.6 Å². The third-order valence-electron chi connectivity index (χ3n) is 4.88. The molecule has 1 aliphatic carbocycles. The quantitative estimate of drug-likeness (QED) is 0.640. The van der Waals surface area contributed by atoms with Crippen molar-refractivity contribution < 1.29 is 4.79 Å². The van der Waals surface area contributed by atoms with E-state index in [0.717, 1.165) is 29.5 Å². The molecule has 1 aliphatic rings. The fraction of sp³-hybridized carbons (Fsp3) is 0.611. The molecule has 5 nitrogen and oxygen atoms in total. The monoisotopic (exact) mass is 379 g/mol. The molecular weight excluding hydrogens is 354 g/mol. The number of fused-ring (bicyclic) bond motifs is 3. The number of aryl methyl sites for hydroxylation is 2. The standard InChI is InChI=1S/C18H25N3O2S2/c1-10(2)11(3)19-14(22)9-24-18-20-16-15(17(23)21(18)4)12-7-5-6-8-13(12)25-16/h10-11H,5-9H2,1-4H3,(H,19,22). The Morgan fingerprint density at radius 1 is 1.32 bits per heavy atom. The lowest BCUT2D eigenvalue weighted by Crippen LogP contribution is -2.37. The van der Waals surface area contributed by atoms with Crippen LogP contribution in [-0.4, -0.2) is 27.3 Å². The Morgan fingerprint density at radius 3 is 2.76 bits per heavy atom. The molecule has 0 spiro atoms. The van der Waals surface area contributed by atoms with Gasteiger partial charge in [0.25, 0.3) is 5.56 Å². The third-order valence-corrected chi connectivity index (χ3v) is 7.09. The molecule has 7 heteroatoms. The highest BCUT2D eigenvalue weighted by Crippen LogP contribution is 2.34. The summed E-state index contributed by atoms with van der Waals surface area (Å²) in [4.78, 5) is 31.8. The zero-order chi connectivity index (χ0) is 18.1. The number of nitrogens with one attached hydrogen (secondary N) is 1. The minimum absolute atomic E-state index is 0.0165. The fourth-order valence-corrected chi connectivity index (χ4v) is 5.07. The maximum atomic E-state index is 12.8. The van der Waals surface area contributed by atoms with Gasteiger partial charge < -0.3 is 5.32 Å². The van der Waals surface area contributed by atoms with Crippen LogP contribution in [0.1, 0.15) is 44.1 Å². The van der Waals surface area contributed by atoms with Gasteiger partial charge in [0, 0.05) is 18.0 Å². The molecule has 136 valence electrons. The van der Waals surface area contributed by atoms with Gasteiger partial charge in [-0.25, -0.2) is 4.98 Å². The Labute approximate surface area is 156 Å². The van der Waals surface area contributed by atoms with E-state index in [-0.39, 0.29) is 23.3 Å². The van der Waals surface area contributed by atoms with Crippen LogP contribution in [0.25, 0.3) is 10.2 Å². The van der Waals surface area contributed by atoms with Crippen molar-refractivity contribution >= 4 is 39.2 Å². The fourth-order valence-electron chi connectivity index (χ4n) is 2.99. The summed E-state index contributed by atoms with van der Waals surface area (Å²) < 4.78 is 1.59. The first kappa shape index (κ1) is 18.5. The van der Waals surface area contributed by atoms with Crippen LogP contribution in [0.3, 0.4) is 0 Å². The zero-order valence-corrected chi connectivity index (χ0v) is 16.9. The largest absolute Gasteiger partial charge is 0.353 e. The second-order valence-corrected chi connectivity index (χ2v) is 9.06. The molecule has 1 atom stereocenters. The van der Waals surface area contributed by atoms with E-state index in [1.54, 1.807) is 23.0 Å². The molecule has 3 rings (SSSR count). The number of thiophene rings is 1. The van der Waals surface area contributed by atoms with Crippen molar-refractivity contribution in [3.8, 4) is 0 Å². The number of aromatic nitrogens is 2. The Morgan fingerprint density at radius 2 is 2.04 bits per heavy atom. The summed E-state index contributed by atoms with van der Waals surface area (Å²) in [5.41, 5.74) is 1.22. The van der Waals surface area contributed by atoms with Crippen molar-refractivity contribution in [2.75, 3.05) is 5.75 Å². The number of carbonyl (C=O) groups excluding carboxylic acids is 1. The van der Waals surface area contributed by atoms with Gasteiger partial charge in [-0.2, -0.15) is 0 Å². The molecule has 1 unspecified atom stereocenters. The summed E-state index contributed by atoms with van der Waals surface area (Å²) in [6.45, 7) is 6.16. The number of thioether (sulfide) groups is 1. The van der Waals surface area contributed by atoms with Gasteiger partial charge in [-0.15, -0.1) is 11.3 Å². The smallest absolute Gasteiger partial charge is 0.262 e. The summed E-state index contributed by atoms with van der Waals surface area (Å²) >= 11 is 2.98. The van der Waals surface area contributed by atoms with Crippen molar-refractivity contribution in [2.45, 2.75) is 57.7 Å². The summed E-state index contributed by atoms with van der Waals surface area (Å²) in [6.07, 6.45) is 4.37. The number of carbonyl (C=O) groups is 1. The lowest BCUT2D eigenvalue weighted by molar-refractivity contribution is -0.119. The van der Waals surface area contributed by atoms with E-state index in [4.69, 9.17) is 4.98 Å². The molecule has 0 aliphatic heterocycles. The van der Waals surface area contributed by atoms with E-state index < -0.39 is 0 Å². The molecule has 1 N–H and O–H groups in total. The van der Waals surface area contributed by atoms with Crippen LogP contribution < -0.4 is 10.9 Å². The third kappa shape index (κ3) is 3.77. The van der Waals surface area contributed by atoms with E-state index in [0.29, 0.717) is 11.1 Å². The lowest BCUT2D eigenvalue weighted by Gasteiger charge is -2.17. The topological polar surface area (TPSA) is 64.0 Å². The van der Waals surface area contributed by atoms with Gasteiger partial charge in [0.2, 0.25) is 5.91 Å². The molecule has 25 heavy (non-hydrogen) atoms. The molecule has 2 aromatic rings. The Bertz CT molecular complexity index is 854. The van der Waals surface area contributed by atoms with Gasteiger partial charge >= 0.3 is 0 Å². The molecule has 0 aromatic carbocycles. The van der Waals surface area contributed by atoms with Crippen LogP contribution in [0.4, 0.5) is 0 Å². The highest BCUT2D eigenvalue weighted by molar-refractivity contribution is 7.99. The van der Waals surface area contributed by atoms with Gasteiger partial charge in [-0.05, 0) is 44.1 Å². The summed E-state index contributed by atoms with van der Waals surface area (Å²) in [5.74, 6) is 0.643. The van der Waals surface area contributed by atoms with E-state index in [9.17, 15) is 9.59 Å². The molecule has 0 bridgehead atoms. The predicted octanol–water partition coefficient (Wildman–Crippen LogP) is 3.13. The maximum Gasteiger partial charge on any atom is 0.262 e. The SMILES string of the molecule is CC(C)C(C)NC(=O)CSc1nc2sc3c(c2c(=O)n1C)CCCC3. The summed E-state index contributed by atoms with van der Waals surface area (Å²) in [5, 5.41) is 4.40.